The van der Waals surface area contributed by atoms with E-state index in [4.69, 9.17) is 9.47 Å². The Balaban J connectivity index is 1.67. The summed E-state index contributed by atoms with van der Waals surface area (Å²) < 4.78 is 49.2. The largest absolute Gasteiger partial charge is 0.493 e. The summed E-state index contributed by atoms with van der Waals surface area (Å²) in [7, 11) is 1.50. The van der Waals surface area contributed by atoms with Crippen LogP contribution in [0, 0.1) is 5.92 Å². The lowest BCUT2D eigenvalue weighted by Crippen LogP contribution is -2.15. The number of aromatic nitrogens is 1. The van der Waals surface area contributed by atoms with Crippen LogP contribution in [-0.4, -0.2) is 23.2 Å². The number of hydrogen-bond acceptors (Lipinski definition) is 4. The number of rotatable bonds is 9. The molecular formula is C26H24F3NO4. The summed E-state index contributed by atoms with van der Waals surface area (Å²) in [6.45, 7) is 1.83. The second-order valence-corrected chi connectivity index (χ2v) is 7.62. The maximum atomic E-state index is 12.7. The fourth-order valence-electron chi connectivity index (χ4n) is 3.25. The average Bonchev–Trinajstić information content (AvgIpc) is 2.82. The number of benzene rings is 2. The van der Waals surface area contributed by atoms with Crippen LogP contribution in [0.2, 0.25) is 0 Å². The molecule has 0 aliphatic heterocycles. The maximum Gasteiger partial charge on any atom is 0.416 e. The molecule has 2 aromatic carbocycles. The summed E-state index contributed by atoms with van der Waals surface area (Å²) in [5, 5.41) is 9.27. The molecule has 5 nitrogen and oxygen atoms in total. The van der Waals surface area contributed by atoms with Gasteiger partial charge in [0.05, 0.1) is 18.6 Å². The number of aliphatic carboxylic acids is 1. The van der Waals surface area contributed by atoms with Crippen molar-refractivity contribution in [3.05, 3.63) is 83.0 Å². The highest BCUT2D eigenvalue weighted by molar-refractivity contribution is 5.70. The number of carbonyl (C=O) groups is 1. The molecule has 1 heterocycles. The van der Waals surface area contributed by atoms with Gasteiger partial charge in [-0.3, -0.25) is 4.79 Å². The minimum atomic E-state index is -4.36. The summed E-state index contributed by atoms with van der Waals surface area (Å²) in [6, 6.07) is 13.6. The van der Waals surface area contributed by atoms with E-state index in [2.05, 4.69) is 4.98 Å². The molecule has 0 amide bonds. The minimum Gasteiger partial charge on any atom is -0.493 e. The second-order valence-electron chi connectivity index (χ2n) is 7.62. The molecule has 0 saturated carbocycles. The molecule has 0 spiro atoms. The number of methoxy groups -OCH3 is 1. The lowest BCUT2D eigenvalue weighted by molar-refractivity contribution is -0.141. The van der Waals surface area contributed by atoms with Gasteiger partial charge in [0.1, 0.15) is 0 Å². The van der Waals surface area contributed by atoms with Crippen LogP contribution in [0.4, 0.5) is 13.2 Å². The average molecular weight is 471 g/mol. The van der Waals surface area contributed by atoms with Crippen LogP contribution >= 0.6 is 0 Å². The molecular weight excluding hydrogens is 447 g/mol. The number of carboxylic acid groups (broad SMARTS) is 1. The van der Waals surface area contributed by atoms with Gasteiger partial charge in [-0.2, -0.15) is 13.2 Å². The van der Waals surface area contributed by atoms with Crippen molar-refractivity contribution in [2.75, 3.05) is 7.11 Å². The van der Waals surface area contributed by atoms with Gasteiger partial charge in [-0.05, 0) is 59.9 Å². The molecule has 3 rings (SSSR count). The first-order valence-electron chi connectivity index (χ1n) is 10.6. The third-order valence-corrected chi connectivity index (χ3v) is 5.23. The number of nitrogens with zero attached hydrogens (tertiary/aromatic N) is 1. The summed E-state index contributed by atoms with van der Waals surface area (Å²) in [5.41, 5.74) is 1.51. The maximum absolute atomic E-state index is 12.7. The van der Waals surface area contributed by atoms with Gasteiger partial charge in [0.15, 0.2) is 11.5 Å². The van der Waals surface area contributed by atoms with Crippen molar-refractivity contribution in [2.45, 2.75) is 25.9 Å². The molecule has 3 aromatic rings. The predicted molar refractivity (Wildman–Crippen MR) is 123 cm³/mol. The lowest BCUT2D eigenvalue weighted by Gasteiger charge is -2.13. The van der Waals surface area contributed by atoms with E-state index >= 15 is 0 Å². The Kier molecular flexibility index (Phi) is 7.94. The lowest BCUT2D eigenvalue weighted by atomic mass is 9.97. The Hall–Kier alpha value is -3.81. The first-order chi connectivity index (χ1) is 16.2. The Morgan fingerprint density at radius 2 is 1.71 bits per heavy atom. The van der Waals surface area contributed by atoms with Crippen LogP contribution in [0.15, 0.2) is 60.8 Å². The smallest absolute Gasteiger partial charge is 0.416 e. The summed E-state index contributed by atoms with van der Waals surface area (Å²) >= 11 is 0. The number of alkyl halides is 3. The summed E-state index contributed by atoms with van der Waals surface area (Å²) in [4.78, 5) is 15.6. The molecule has 34 heavy (non-hydrogen) atoms. The van der Waals surface area contributed by atoms with Crippen molar-refractivity contribution >= 4 is 18.1 Å². The first-order valence-corrected chi connectivity index (χ1v) is 10.6. The van der Waals surface area contributed by atoms with Gasteiger partial charge in [0.2, 0.25) is 5.88 Å². The number of hydrogen-bond donors (Lipinski definition) is 1. The predicted octanol–water partition coefficient (Wildman–Crippen LogP) is 6.73. The Labute approximate surface area is 195 Å². The topological polar surface area (TPSA) is 68.7 Å². The Morgan fingerprint density at radius 1 is 1.03 bits per heavy atom. The molecule has 1 atom stereocenters. The van der Waals surface area contributed by atoms with E-state index in [9.17, 15) is 23.1 Å². The molecule has 8 heteroatoms. The molecule has 0 fully saturated rings. The van der Waals surface area contributed by atoms with Gasteiger partial charge in [-0.25, -0.2) is 4.98 Å². The van der Waals surface area contributed by atoms with Crippen LogP contribution in [0.25, 0.3) is 12.2 Å². The van der Waals surface area contributed by atoms with Crippen molar-refractivity contribution in [1.29, 1.82) is 0 Å². The molecule has 0 aliphatic carbocycles. The fourth-order valence-corrected chi connectivity index (χ4v) is 3.25. The molecule has 1 unspecified atom stereocenters. The van der Waals surface area contributed by atoms with Gasteiger partial charge in [-0.15, -0.1) is 0 Å². The second kappa shape index (κ2) is 10.9. The van der Waals surface area contributed by atoms with E-state index < -0.39 is 23.6 Å². The van der Waals surface area contributed by atoms with Crippen molar-refractivity contribution in [2.24, 2.45) is 5.92 Å². The summed E-state index contributed by atoms with van der Waals surface area (Å²) in [5.74, 6) is -0.0736. The van der Waals surface area contributed by atoms with E-state index in [1.54, 1.807) is 48.7 Å². The molecule has 0 aliphatic rings. The molecule has 0 radical (unpaired) electrons. The highest BCUT2D eigenvalue weighted by Gasteiger charge is 2.29. The van der Waals surface area contributed by atoms with Gasteiger partial charge >= 0.3 is 12.1 Å². The zero-order valence-corrected chi connectivity index (χ0v) is 18.7. The number of halogens is 3. The van der Waals surface area contributed by atoms with Crippen molar-refractivity contribution in [3.8, 4) is 17.4 Å². The van der Waals surface area contributed by atoms with E-state index in [1.165, 1.54) is 19.2 Å². The Morgan fingerprint density at radius 3 is 2.26 bits per heavy atom. The third-order valence-electron chi connectivity index (χ3n) is 5.23. The normalized spacial score (nSPS) is 12.5. The fraction of sp³-hybridized carbons (Fsp3) is 0.231. The SMILES string of the molecule is CCC(Cc1ccc(Oc2ccc(C=Cc3ccc(C(F)(F)F)cc3)cn2)c(OC)c1)C(=O)O. The standard InChI is InChI=1S/C26H24F3NO4/c1-3-20(25(31)32)14-19-8-12-22(23(15-19)33-2)34-24-13-9-18(16-30-24)5-4-17-6-10-21(11-7-17)26(27,28)29/h4-13,15-16,20H,3,14H2,1-2H3,(H,31,32). The summed E-state index contributed by atoms with van der Waals surface area (Å²) in [6.07, 6.45) is 1.57. The van der Waals surface area contributed by atoms with E-state index in [1.807, 2.05) is 6.92 Å². The molecule has 0 bridgehead atoms. The quantitative estimate of drug-likeness (QED) is 0.375. The van der Waals surface area contributed by atoms with E-state index in [0.29, 0.717) is 35.8 Å². The number of ether oxygens (including phenoxy) is 2. The molecule has 178 valence electrons. The van der Waals surface area contributed by atoms with E-state index in [-0.39, 0.29) is 0 Å². The van der Waals surface area contributed by atoms with Gasteiger partial charge in [0, 0.05) is 12.3 Å². The number of pyridine rings is 1. The Bertz CT molecular complexity index is 1140. The van der Waals surface area contributed by atoms with Crippen LogP contribution in [-0.2, 0) is 17.4 Å². The molecule has 0 saturated heterocycles. The highest BCUT2D eigenvalue weighted by Crippen LogP contribution is 2.33. The monoisotopic (exact) mass is 471 g/mol. The van der Waals surface area contributed by atoms with Gasteiger partial charge in [-0.1, -0.05) is 37.3 Å². The van der Waals surface area contributed by atoms with Crippen LogP contribution in [0.3, 0.4) is 0 Å². The zero-order chi connectivity index (χ0) is 24.7. The highest BCUT2D eigenvalue weighted by atomic mass is 19.4. The van der Waals surface area contributed by atoms with Crippen LogP contribution in [0.1, 0.15) is 35.6 Å². The van der Waals surface area contributed by atoms with Crippen LogP contribution in [0.5, 0.6) is 17.4 Å². The van der Waals surface area contributed by atoms with E-state index in [0.717, 1.165) is 23.3 Å². The first kappa shape index (κ1) is 24.8. The third kappa shape index (κ3) is 6.60. The molecule has 1 aromatic heterocycles. The van der Waals surface area contributed by atoms with Crippen LogP contribution < -0.4 is 9.47 Å². The zero-order valence-electron chi connectivity index (χ0n) is 18.7. The minimum absolute atomic E-state index is 0.328. The van der Waals surface area contributed by atoms with Gasteiger partial charge in [0.25, 0.3) is 0 Å². The van der Waals surface area contributed by atoms with Crippen molar-refractivity contribution in [3.63, 3.8) is 0 Å². The van der Waals surface area contributed by atoms with Crippen molar-refractivity contribution < 1.29 is 32.5 Å². The molecule has 1 N–H and O–H groups in total. The van der Waals surface area contributed by atoms with Gasteiger partial charge < -0.3 is 14.6 Å². The number of carboxylic acids is 1. The van der Waals surface area contributed by atoms with Crippen molar-refractivity contribution in [1.82, 2.24) is 4.98 Å².